The molecule has 0 saturated carbocycles. The zero-order valence-corrected chi connectivity index (χ0v) is 18.3. The van der Waals surface area contributed by atoms with E-state index in [1.165, 1.54) is 6.92 Å². The molecule has 2 heterocycles. The van der Waals surface area contributed by atoms with Crippen LogP contribution in [0, 0.1) is 11.3 Å². The Hall–Kier alpha value is -2.08. The number of morpholine rings is 1. The van der Waals surface area contributed by atoms with Crippen LogP contribution in [0.25, 0.3) is 5.57 Å². The number of ether oxygens (including phenoxy) is 2. The molecular weight excluding hydrogens is 442 g/mol. The second-order valence-electron chi connectivity index (χ2n) is 7.59. The van der Waals surface area contributed by atoms with E-state index in [1.54, 1.807) is 18.2 Å². The fourth-order valence-corrected chi connectivity index (χ4v) is 5.06. The number of allylic oxidation sites excluding steroid dienone is 2. The van der Waals surface area contributed by atoms with E-state index in [0.717, 1.165) is 18.8 Å². The zero-order chi connectivity index (χ0) is 23.5. The van der Waals surface area contributed by atoms with Crippen molar-refractivity contribution in [2.75, 3.05) is 37.8 Å². The third-order valence-corrected chi connectivity index (χ3v) is 7.10. The Balaban J connectivity index is 1.83. The lowest BCUT2D eigenvalue weighted by atomic mass is 9.98. The lowest BCUT2D eigenvalue weighted by Gasteiger charge is -2.40. The van der Waals surface area contributed by atoms with Crippen LogP contribution in [0.15, 0.2) is 29.2 Å². The molecule has 0 radical (unpaired) electrons. The van der Waals surface area contributed by atoms with Crippen LogP contribution in [0.5, 0.6) is 0 Å². The number of nitriles is 1. The normalized spacial score (nSPS) is 29.9. The van der Waals surface area contributed by atoms with Crippen molar-refractivity contribution in [3.8, 4) is 6.07 Å². The third kappa shape index (κ3) is 5.11. The maximum Gasteiger partial charge on any atom is 0.251 e. The molecule has 176 valence electrons. The van der Waals surface area contributed by atoms with Crippen molar-refractivity contribution in [3.63, 3.8) is 0 Å². The van der Waals surface area contributed by atoms with E-state index in [0.29, 0.717) is 18.8 Å². The van der Waals surface area contributed by atoms with Crippen molar-refractivity contribution in [1.29, 1.82) is 5.26 Å². The molecule has 0 aromatic heterocycles. The van der Waals surface area contributed by atoms with Crippen molar-refractivity contribution >= 4 is 21.3 Å². The number of nitrogens with one attached hydrogen (secondary N) is 1. The quantitative estimate of drug-likeness (QED) is 0.309. The van der Waals surface area contributed by atoms with Crippen LogP contribution in [0.2, 0.25) is 0 Å². The van der Waals surface area contributed by atoms with Crippen LogP contribution < -0.4 is 9.62 Å². The van der Waals surface area contributed by atoms with E-state index in [2.05, 4.69) is 4.90 Å². The van der Waals surface area contributed by atoms with Crippen LogP contribution >= 0.6 is 0 Å². The van der Waals surface area contributed by atoms with Gasteiger partial charge in [-0.15, -0.1) is 0 Å². The summed E-state index contributed by atoms with van der Waals surface area (Å²) < 4.78 is 38.1. The maximum absolute atomic E-state index is 12.9. The molecule has 0 amide bonds. The fraction of sp³-hybridized carbons (Fsp3) is 0.550. The predicted octanol–water partition coefficient (Wildman–Crippen LogP) is -1.50. The number of aliphatic hydroxyl groups is 4. The SMILES string of the molecule is C/C(=C(/C#N)S(=O)(=O)N[C@H]1C(O)O[C@H](CO)C(O)[C@@H]1O)c1ccc(N2CCOCC2)cc1. The summed E-state index contributed by atoms with van der Waals surface area (Å²) in [6, 6.07) is 7.09. The summed E-state index contributed by atoms with van der Waals surface area (Å²) in [6.45, 7) is 3.53. The van der Waals surface area contributed by atoms with Gasteiger partial charge in [0.2, 0.25) is 0 Å². The molecule has 3 rings (SSSR count). The smallest absolute Gasteiger partial charge is 0.251 e. The van der Waals surface area contributed by atoms with Crippen molar-refractivity contribution in [2.24, 2.45) is 0 Å². The monoisotopic (exact) mass is 469 g/mol. The molecule has 1 aromatic carbocycles. The van der Waals surface area contributed by atoms with Crippen LogP contribution in [-0.4, -0.2) is 92.4 Å². The molecule has 2 aliphatic rings. The second-order valence-corrected chi connectivity index (χ2v) is 9.24. The van der Waals surface area contributed by atoms with Gasteiger partial charge in [0.1, 0.15) is 30.4 Å². The number of anilines is 1. The largest absolute Gasteiger partial charge is 0.394 e. The zero-order valence-electron chi connectivity index (χ0n) is 17.5. The molecule has 2 saturated heterocycles. The first-order chi connectivity index (χ1) is 15.2. The summed E-state index contributed by atoms with van der Waals surface area (Å²) in [4.78, 5) is 1.53. The molecule has 2 aliphatic heterocycles. The van der Waals surface area contributed by atoms with E-state index in [1.807, 2.05) is 16.9 Å². The summed E-state index contributed by atoms with van der Waals surface area (Å²) in [6.07, 6.45) is -6.52. The summed E-state index contributed by atoms with van der Waals surface area (Å²) >= 11 is 0. The van der Waals surface area contributed by atoms with Gasteiger partial charge in [0, 0.05) is 18.8 Å². The lowest BCUT2D eigenvalue weighted by Crippen LogP contribution is -2.64. The molecule has 12 heteroatoms. The highest BCUT2D eigenvalue weighted by Crippen LogP contribution is 2.26. The average molecular weight is 470 g/mol. The number of hydrogen-bond donors (Lipinski definition) is 5. The highest BCUT2D eigenvalue weighted by molar-refractivity contribution is 7.93. The molecule has 32 heavy (non-hydrogen) atoms. The summed E-state index contributed by atoms with van der Waals surface area (Å²) in [5.41, 5.74) is 1.62. The maximum atomic E-state index is 12.9. The van der Waals surface area contributed by atoms with E-state index >= 15 is 0 Å². The van der Waals surface area contributed by atoms with Crippen molar-refractivity contribution in [1.82, 2.24) is 4.72 Å². The van der Waals surface area contributed by atoms with E-state index < -0.39 is 52.2 Å². The number of sulfonamides is 1. The molecular formula is C20H27N3O8S. The van der Waals surface area contributed by atoms with Crippen LogP contribution in [0.3, 0.4) is 0 Å². The molecule has 0 spiro atoms. The van der Waals surface area contributed by atoms with Crippen LogP contribution in [-0.2, 0) is 19.5 Å². The van der Waals surface area contributed by atoms with E-state index in [9.17, 15) is 29.0 Å². The molecule has 11 nitrogen and oxygen atoms in total. The fourth-order valence-electron chi connectivity index (χ4n) is 3.68. The molecule has 2 unspecified atom stereocenters. The summed E-state index contributed by atoms with van der Waals surface area (Å²) in [7, 11) is -4.50. The van der Waals surface area contributed by atoms with Gasteiger partial charge >= 0.3 is 0 Å². The first-order valence-corrected chi connectivity index (χ1v) is 11.5. The Bertz CT molecular complexity index is 970. The lowest BCUT2D eigenvalue weighted by molar-refractivity contribution is -0.251. The molecule has 0 aliphatic carbocycles. The van der Waals surface area contributed by atoms with Gasteiger partial charge in [-0.25, -0.2) is 8.42 Å². The van der Waals surface area contributed by atoms with Gasteiger partial charge in [-0.1, -0.05) is 12.1 Å². The minimum atomic E-state index is -4.50. The minimum Gasteiger partial charge on any atom is -0.394 e. The number of rotatable bonds is 6. The highest BCUT2D eigenvalue weighted by Gasteiger charge is 2.45. The molecule has 5 N–H and O–H groups in total. The average Bonchev–Trinajstić information content (AvgIpc) is 2.80. The van der Waals surface area contributed by atoms with Gasteiger partial charge in [-0.05, 0) is 30.2 Å². The topological polar surface area (TPSA) is 173 Å². The first-order valence-electron chi connectivity index (χ1n) is 10.1. The van der Waals surface area contributed by atoms with Gasteiger partial charge in [-0.3, -0.25) is 0 Å². The Labute approximate surface area is 186 Å². The first kappa shape index (κ1) is 24.6. The number of benzene rings is 1. The van der Waals surface area contributed by atoms with Crippen LogP contribution in [0.1, 0.15) is 12.5 Å². The highest BCUT2D eigenvalue weighted by atomic mass is 32.2. The standard InChI is InChI=1S/C20H27N3O8S/c1-12(13-2-4-14(5-3-13)23-6-8-30-9-7-23)16(10-21)32(28,29)22-17-19(26)18(25)15(11-24)31-20(17)27/h2-5,15,17-20,22,24-27H,6-9,11H2,1H3/b16-12+/t15-,17-,18?,19-,20?/m1/s1. The van der Waals surface area contributed by atoms with Crippen LogP contribution in [0.4, 0.5) is 5.69 Å². The number of nitrogens with zero attached hydrogens (tertiary/aromatic N) is 2. The van der Waals surface area contributed by atoms with E-state index in [4.69, 9.17) is 14.6 Å². The minimum absolute atomic E-state index is 0.169. The van der Waals surface area contributed by atoms with Gasteiger partial charge < -0.3 is 34.8 Å². The Morgan fingerprint density at radius 1 is 1.19 bits per heavy atom. The third-order valence-electron chi connectivity index (χ3n) is 5.58. The molecule has 5 atom stereocenters. The number of aliphatic hydroxyl groups excluding tert-OH is 4. The van der Waals surface area contributed by atoms with Crippen molar-refractivity contribution < 1.29 is 38.3 Å². The van der Waals surface area contributed by atoms with E-state index in [-0.39, 0.29) is 5.57 Å². The Morgan fingerprint density at radius 3 is 2.38 bits per heavy atom. The number of hydrogen-bond acceptors (Lipinski definition) is 10. The Morgan fingerprint density at radius 2 is 1.81 bits per heavy atom. The van der Waals surface area contributed by atoms with Gasteiger partial charge in [-0.2, -0.15) is 9.98 Å². The summed E-state index contributed by atoms with van der Waals surface area (Å²) in [5, 5.41) is 48.9. The Kier molecular flexibility index (Phi) is 7.86. The predicted molar refractivity (Wildman–Crippen MR) is 114 cm³/mol. The van der Waals surface area contributed by atoms with Gasteiger partial charge in [0.25, 0.3) is 10.0 Å². The van der Waals surface area contributed by atoms with Crippen molar-refractivity contribution in [3.05, 3.63) is 34.7 Å². The molecule has 0 bridgehead atoms. The van der Waals surface area contributed by atoms with Gasteiger partial charge in [0.05, 0.1) is 19.8 Å². The second kappa shape index (κ2) is 10.2. The molecule has 1 aromatic rings. The molecule has 2 fully saturated rings. The van der Waals surface area contributed by atoms with Gasteiger partial charge in [0.15, 0.2) is 11.2 Å². The summed E-state index contributed by atoms with van der Waals surface area (Å²) in [5.74, 6) is 0. The van der Waals surface area contributed by atoms with Crippen molar-refractivity contribution in [2.45, 2.75) is 37.6 Å².